The highest BCUT2D eigenvalue weighted by Crippen LogP contribution is 2.28. The number of thiophene rings is 1. The van der Waals surface area contributed by atoms with Crippen molar-refractivity contribution in [3.05, 3.63) is 88.6 Å². The van der Waals surface area contributed by atoms with Crippen LogP contribution in [0, 0.1) is 5.82 Å². The highest BCUT2D eigenvalue weighted by atomic mass is 32.1. The number of carbonyl (C=O) groups excluding carboxylic acids is 2. The van der Waals surface area contributed by atoms with E-state index >= 15 is 0 Å². The molecule has 3 N–H and O–H groups in total. The number of primary amides is 1. The van der Waals surface area contributed by atoms with E-state index in [2.05, 4.69) is 5.32 Å². The van der Waals surface area contributed by atoms with Gasteiger partial charge in [0.15, 0.2) is 0 Å². The summed E-state index contributed by atoms with van der Waals surface area (Å²) in [5, 5.41) is 2.77. The maximum absolute atomic E-state index is 13.0. The Balaban J connectivity index is 1.58. The molecule has 0 atom stereocenters. The van der Waals surface area contributed by atoms with Gasteiger partial charge in [-0.25, -0.2) is 4.39 Å². The molecular formula is C21H17FN2O2S. The van der Waals surface area contributed by atoms with Crippen LogP contribution in [0.4, 0.5) is 4.39 Å². The quantitative estimate of drug-likeness (QED) is 0.635. The second kappa shape index (κ2) is 8.42. The van der Waals surface area contributed by atoms with Crippen LogP contribution in [0.1, 0.15) is 20.8 Å². The number of benzene rings is 2. The fourth-order valence-corrected chi connectivity index (χ4v) is 3.37. The lowest BCUT2D eigenvalue weighted by Crippen LogP contribution is -2.20. The van der Waals surface area contributed by atoms with Gasteiger partial charge in [0.1, 0.15) is 5.82 Å². The van der Waals surface area contributed by atoms with Gasteiger partial charge in [0, 0.05) is 27.9 Å². The Morgan fingerprint density at radius 2 is 1.85 bits per heavy atom. The highest BCUT2D eigenvalue weighted by Gasteiger charge is 2.04. The minimum Gasteiger partial charge on any atom is -0.366 e. The molecule has 2 amide bonds. The molecule has 136 valence electrons. The topological polar surface area (TPSA) is 72.2 Å². The third kappa shape index (κ3) is 5.12. The van der Waals surface area contributed by atoms with Crippen LogP contribution in [0.3, 0.4) is 0 Å². The first-order valence-corrected chi connectivity index (χ1v) is 9.03. The molecule has 0 aliphatic heterocycles. The molecule has 1 aromatic heterocycles. The van der Waals surface area contributed by atoms with Crippen molar-refractivity contribution in [1.29, 1.82) is 0 Å². The van der Waals surface area contributed by atoms with Crippen LogP contribution in [0.2, 0.25) is 0 Å². The minimum absolute atomic E-state index is 0.240. The Morgan fingerprint density at radius 3 is 2.59 bits per heavy atom. The molecule has 0 radical (unpaired) electrons. The zero-order chi connectivity index (χ0) is 19.2. The van der Waals surface area contributed by atoms with Crippen molar-refractivity contribution >= 4 is 29.2 Å². The zero-order valence-corrected chi connectivity index (χ0v) is 15.1. The van der Waals surface area contributed by atoms with E-state index in [1.165, 1.54) is 29.5 Å². The van der Waals surface area contributed by atoms with Crippen LogP contribution in [0.15, 0.2) is 66.7 Å². The fourth-order valence-electron chi connectivity index (χ4n) is 2.45. The smallest absolute Gasteiger partial charge is 0.248 e. The Labute approximate surface area is 160 Å². The molecular weight excluding hydrogens is 363 g/mol. The van der Waals surface area contributed by atoms with E-state index in [9.17, 15) is 14.0 Å². The first-order valence-electron chi connectivity index (χ1n) is 8.22. The van der Waals surface area contributed by atoms with E-state index in [1.54, 1.807) is 36.4 Å². The number of nitrogens with one attached hydrogen (secondary N) is 1. The van der Waals surface area contributed by atoms with Crippen LogP contribution < -0.4 is 11.1 Å². The van der Waals surface area contributed by atoms with E-state index in [0.717, 1.165) is 20.9 Å². The molecule has 0 fully saturated rings. The van der Waals surface area contributed by atoms with Crippen molar-refractivity contribution in [2.45, 2.75) is 6.54 Å². The molecule has 0 aliphatic carbocycles. The highest BCUT2D eigenvalue weighted by molar-refractivity contribution is 7.16. The summed E-state index contributed by atoms with van der Waals surface area (Å²) >= 11 is 1.51. The van der Waals surface area contributed by atoms with Crippen LogP contribution in [-0.2, 0) is 11.3 Å². The number of nitrogens with two attached hydrogens (primary N) is 1. The normalized spacial score (nSPS) is 10.9. The Kier molecular flexibility index (Phi) is 5.78. The van der Waals surface area contributed by atoms with Crippen LogP contribution in [-0.4, -0.2) is 11.8 Å². The van der Waals surface area contributed by atoms with Crippen molar-refractivity contribution in [3.63, 3.8) is 0 Å². The van der Waals surface area contributed by atoms with Crippen molar-refractivity contribution in [2.24, 2.45) is 5.73 Å². The second-order valence-electron chi connectivity index (χ2n) is 5.82. The third-order valence-electron chi connectivity index (χ3n) is 3.83. The van der Waals surface area contributed by atoms with Crippen LogP contribution in [0.5, 0.6) is 0 Å². The lowest BCUT2D eigenvalue weighted by Gasteiger charge is -2.04. The molecule has 0 spiro atoms. The summed E-state index contributed by atoms with van der Waals surface area (Å²) in [7, 11) is 0. The summed E-state index contributed by atoms with van der Waals surface area (Å²) in [4.78, 5) is 25.1. The van der Waals surface area contributed by atoms with Crippen molar-refractivity contribution in [2.75, 3.05) is 0 Å². The van der Waals surface area contributed by atoms with Crippen molar-refractivity contribution in [1.82, 2.24) is 5.32 Å². The lowest BCUT2D eigenvalue weighted by molar-refractivity contribution is -0.116. The predicted molar refractivity (Wildman–Crippen MR) is 106 cm³/mol. The maximum atomic E-state index is 13.0. The first-order chi connectivity index (χ1) is 13.0. The van der Waals surface area contributed by atoms with Gasteiger partial charge in [0.25, 0.3) is 0 Å². The van der Waals surface area contributed by atoms with Gasteiger partial charge in [0.05, 0.1) is 0 Å². The van der Waals surface area contributed by atoms with Gasteiger partial charge in [0.2, 0.25) is 11.8 Å². The summed E-state index contributed by atoms with van der Waals surface area (Å²) in [6.45, 7) is 0.301. The van der Waals surface area contributed by atoms with Gasteiger partial charge in [-0.2, -0.15) is 0 Å². The molecule has 0 bridgehead atoms. The summed E-state index contributed by atoms with van der Waals surface area (Å²) in [6, 6.07) is 16.9. The summed E-state index contributed by atoms with van der Waals surface area (Å²) in [5.41, 5.74) is 7.38. The molecule has 0 unspecified atom stereocenters. The van der Waals surface area contributed by atoms with Crippen molar-refractivity contribution in [3.8, 4) is 10.4 Å². The molecule has 4 nitrogen and oxygen atoms in total. The standard InChI is InChI=1S/C21H17FN2O2S/c22-17-6-4-15(5-7-17)19-10-8-18(27-19)9-11-20(25)24-13-14-2-1-3-16(12-14)21(23)26/h1-12H,13H2,(H2,23,26)(H,24,25)/b11-9+. The molecule has 0 saturated carbocycles. The molecule has 27 heavy (non-hydrogen) atoms. The summed E-state index contributed by atoms with van der Waals surface area (Å²) in [5.74, 6) is -1.01. The predicted octanol–water partition coefficient (Wildman–Crippen LogP) is 3.98. The first kappa shape index (κ1) is 18.5. The SMILES string of the molecule is NC(=O)c1cccc(CNC(=O)/C=C/c2ccc(-c3ccc(F)cc3)s2)c1. The summed E-state index contributed by atoms with van der Waals surface area (Å²) in [6.07, 6.45) is 3.19. The number of rotatable bonds is 6. The maximum Gasteiger partial charge on any atom is 0.248 e. The number of hydrogen-bond donors (Lipinski definition) is 2. The Hall–Kier alpha value is -3.25. The monoisotopic (exact) mass is 380 g/mol. The molecule has 6 heteroatoms. The average molecular weight is 380 g/mol. The molecule has 1 heterocycles. The molecule has 3 aromatic rings. The second-order valence-corrected chi connectivity index (χ2v) is 6.94. The van der Waals surface area contributed by atoms with E-state index in [-0.39, 0.29) is 11.7 Å². The Bertz CT molecular complexity index is 993. The van der Waals surface area contributed by atoms with Gasteiger partial charge in [-0.05, 0) is 53.6 Å². The van der Waals surface area contributed by atoms with Gasteiger partial charge >= 0.3 is 0 Å². The van der Waals surface area contributed by atoms with Gasteiger partial charge < -0.3 is 11.1 Å². The number of hydrogen-bond acceptors (Lipinski definition) is 3. The third-order valence-corrected chi connectivity index (χ3v) is 4.93. The van der Waals surface area contributed by atoms with Gasteiger partial charge in [-0.3, -0.25) is 9.59 Å². The van der Waals surface area contributed by atoms with E-state index in [4.69, 9.17) is 5.73 Å². The number of halogens is 1. The van der Waals surface area contributed by atoms with E-state index < -0.39 is 5.91 Å². The van der Waals surface area contributed by atoms with Crippen LogP contribution in [0.25, 0.3) is 16.5 Å². The van der Waals surface area contributed by atoms with Crippen LogP contribution >= 0.6 is 11.3 Å². The summed E-state index contributed by atoms with van der Waals surface area (Å²) < 4.78 is 13.0. The van der Waals surface area contributed by atoms with Gasteiger partial charge in [-0.15, -0.1) is 11.3 Å². The van der Waals surface area contributed by atoms with E-state index in [0.29, 0.717) is 12.1 Å². The molecule has 0 saturated heterocycles. The minimum atomic E-state index is -0.502. The number of carbonyl (C=O) groups is 2. The van der Waals surface area contributed by atoms with Crippen molar-refractivity contribution < 1.29 is 14.0 Å². The molecule has 2 aromatic carbocycles. The molecule has 3 rings (SSSR count). The van der Waals surface area contributed by atoms with Gasteiger partial charge in [-0.1, -0.05) is 24.3 Å². The fraction of sp³-hybridized carbons (Fsp3) is 0.0476. The lowest BCUT2D eigenvalue weighted by atomic mass is 10.1. The Morgan fingerprint density at radius 1 is 1.07 bits per heavy atom. The largest absolute Gasteiger partial charge is 0.366 e. The van der Waals surface area contributed by atoms with E-state index in [1.807, 2.05) is 18.2 Å². The molecule has 0 aliphatic rings. The number of amides is 2. The zero-order valence-electron chi connectivity index (χ0n) is 14.3. The average Bonchev–Trinajstić information content (AvgIpc) is 3.14.